The van der Waals surface area contributed by atoms with Crippen LogP contribution in [0.5, 0.6) is 0 Å². The number of allylic oxidation sites excluding steroid dienone is 12. The summed E-state index contributed by atoms with van der Waals surface area (Å²) in [6.07, 6.45) is 11.4. The van der Waals surface area contributed by atoms with Crippen LogP contribution in [0.15, 0.2) is 85.1 Å². The Hall–Kier alpha value is -3.36. The van der Waals surface area contributed by atoms with Crippen molar-refractivity contribution in [2.45, 2.75) is 163 Å². The van der Waals surface area contributed by atoms with Gasteiger partial charge in [-0.1, -0.05) is 85.1 Å². The second kappa shape index (κ2) is 29.8. The number of esters is 1. The topological polar surface area (TPSA) is 290 Å². The van der Waals surface area contributed by atoms with Gasteiger partial charge in [0.2, 0.25) is 0 Å². The smallest absolute Gasteiger partial charge is 0.308 e. The van der Waals surface area contributed by atoms with Crippen LogP contribution >= 0.6 is 0 Å². The third-order valence-electron chi connectivity index (χ3n) is 10.3. The highest BCUT2D eigenvalue weighted by atomic mass is 16.7. The van der Waals surface area contributed by atoms with E-state index in [1.165, 1.54) is 0 Å². The highest BCUT2D eigenvalue weighted by Crippen LogP contribution is 2.26. The number of carboxylic acids is 1. The number of carbonyl (C=O) groups excluding carboxylic acids is 1. The van der Waals surface area contributed by atoms with E-state index in [1.807, 2.05) is 36.5 Å². The van der Waals surface area contributed by atoms with Gasteiger partial charge >= 0.3 is 11.9 Å². The van der Waals surface area contributed by atoms with Crippen LogP contribution < -0.4 is 5.73 Å². The van der Waals surface area contributed by atoms with E-state index in [4.69, 9.17) is 19.9 Å². The second-order valence-corrected chi connectivity index (χ2v) is 15.5. The molecule has 16 heteroatoms. The highest BCUT2D eigenvalue weighted by Gasteiger charge is 2.42. The lowest BCUT2D eigenvalue weighted by Gasteiger charge is -2.40. The summed E-state index contributed by atoms with van der Waals surface area (Å²) in [4.78, 5) is 24.4. The van der Waals surface area contributed by atoms with Crippen LogP contribution in [-0.4, -0.2) is 149 Å². The van der Waals surface area contributed by atoms with Gasteiger partial charge in [-0.3, -0.25) is 9.59 Å². The van der Waals surface area contributed by atoms with Gasteiger partial charge in [0.1, 0.15) is 6.10 Å². The van der Waals surface area contributed by atoms with Gasteiger partial charge in [0.25, 0.3) is 0 Å². The fourth-order valence-electron chi connectivity index (χ4n) is 6.57. The monoisotopic (exact) mass is 851 g/mol. The van der Waals surface area contributed by atoms with Gasteiger partial charge in [-0.05, 0) is 64.7 Å². The van der Waals surface area contributed by atoms with Crippen LogP contribution in [-0.2, 0) is 23.8 Å². The average molecular weight is 852 g/mol. The molecule has 0 aromatic rings. The largest absolute Gasteiger partial charge is 0.481 e. The summed E-state index contributed by atoms with van der Waals surface area (Å²) in [5.41, 5.74) is 5.99. The Morgan fingerprint density at radius 3 is 1.80 bits per heavy atom. The molecule has 60 heavy (non-hydrogen) atoms. The Labute approximate surface area is 353 Å². The normalized spacial score (nSPS) is 40.3. The van der Waals surface area contributed by atoms with Gasteiger partial charge < -0.3 is 71.0 Å². The molecule has 2 heterocycles. The number of hydrogen-bond acceptors (Lipinski definition) is 15. The number of aliphatic carboxylic acids is 1. The molecule has 0 radical (unpaired) electrons. The fourth-order valence-corrected chi connectivity index (χ4v) is 6.57. The minimum atomic E-state index is -1.41. The molecule has 0 aromatic carbocycles. The summed E-state index contributed by atoms with van der Waals surface area (Å²) in [6.45, 7) is 1.54. The number of ether oxygens (including phenoxy) is 3. The maximum atomic E-state index is 12.2. The lowest BCUT2D eigenvalue weighted by Crippen LogP contribution is -2.61. The zero-order valence-electron chi connectivity index (χ0n) is 34.4. The summed E-state index contributed by atoms with van der Waals surface area (Å²) in [6, 6.07) is -1.03. The van der Waals surface area contributed by atoms with Crippen molar-refractivity contribution in [3.05, 3.63) is 85.1 Å². The molecule has 1 saturated heterocycles. The van der Waals surface area contributed by atoms with Crippen LogP contribution in [0.2, 0.25) is 0 Å². The van der Waals surface area contributed by atoms with Crippen LogP contribution in [0.3, 0.4) is 0 Å². The van der Waals surface area contributed by atoms with E-state index in [9.17, 15) is 60.7 Å². The molecule has 0 aliphatic carbocycles. The van der Waals surface area contributed by atoms with Crippen LogP contribution in [0.4, 0.5) is 0 Å². The number of nitrogens with two attached hydrogens (primary N) is 1. The van der Waals surface area contributed by atoms with E-state index in [1.54, 1.807) is 55.5 Å². The van der Waals surface area contributed by atoms with Crippen LogP contribution in [0.1, 0.15) is 84.0 Å². The first-order valence-electron chi connectivity index (χ1n) is 20.8. The third-order valence-corrected chi connectivity index (χ3v) is 10.3. The molecule has 2 aliphatic heterocycles. The maximum absolute atomic E-state index is 12.2. The molecule has 1 fully saturated rings. The van der Waals surface area contributed by atoms with Crippen molar-refractivity contribution in [2.75, 3.05) is 6.61 Å². The summed E-state index contributed by atoms with van der Waals surface area (Å²) in [5.74, 6) is -2.71. The standard InChI is InChI=1S/C44H69NO15/c1-29-41(54)40(45)42(55)44(59-29)60-36-16-14-12-10-8-6-4-2-3-5-7-9-11-13-15-31(46)23-24-58-39(53)28-35(50)26-33(48)20-22-37(51)38(52)27-34(49)25-32(47)19-17-30(18-21-36)43(56)57/h2-14,16,29-38,40-42,44,46-52,54-55H,15,17-28,45H2,1H3,(H,56,57)/b4-2+,5-3+,8-6+,9-7+,12-10+,13-11+,16-14+/t29?,30-,31-,32+,33-,34-,35-,36+,37-,38-,40?,41?,42?,44?/m1/s1. The predicted molar refractivity (Wildman–Crippen MR) is 223 cm³/mol. The Morgan fingerprint density at radius 1 is 0.633 bits per heavy atom. The SMILES string of the molecule is CC1OC(O[C@H]2/C=C/C=C/C=C/C=C/C=C/C=C/C=C/C[C@@H](O)CCOC(=O)C[C@H](O)C[C@H](O)CC[C@@H](O)[C@H](O)C[C@H](O)C[C@@H](O)CC[C@@H](C(=O)O)CC2)C(O)C(N)C1O. The predicted octanol–water partition coefficient (Wildman–Crippen LogP) is 1.52. The second-order valence-electron chi connectivity index (χ2n) is 15.5. The van der Waals surface area contributed by atoms with Gasteiger partial charge in [0.15, 0.2) is 6.29 Å². The number of carboxylic acid groups (broad SMARTS) is 1. The molecule has 340 valence electrons. The zero-order chi connectivity index (χ0) is 44.5. The van der Waals surface area contributed by atoms with E-state index in [0.29, 0.717) is 6.42 Å². The maximum Gasteiger partial charge on any atom is 0.308 e. The van der Waals surface area contributed by atoms with Gasteiger partial charge in [-0.2, -0.15) is 0 Å². The third kappa shape index (κ3) is 22.5. The van der Waals surface area contributed by atoms with Crippen LogP contribution in [0, 0.1) is 5.92 Å². The number of hydrogen-bond donors (Lipinski definition) is 11. The summed E-state index contributed by atoms with van der Waals surface area (Å²) in [7, 11) is 0. The number of aliphatic hydroxyl groups is 9. The van der Waals surface area contributed by atoms with Crippen molar-refractivity contribution in [1.29, 1.82) is 0 Å². The first kappa shape index (κ1) is 52.8. The van der Waals surface area contributed by atoms with E-state index in [0.717, 1.165) is 0 Å². The van der Waals surface area contributed by atoms with Gasteiger partial charge in [0.05, 0.1) is 86.0 Å². The lowest BCUT2D eigenvalue weighted by molar-refractivity contribution is -0.276. The minimum Gasteiger partial charge on any atom is -0.481 e. The van der Waals surface area contributed by atoms with E-state index in [-0.39, 0.29) is 77.2 Å². The van der Waals surface area contributed by atoms with E-state index >= 15 is 0 Å². The highest BCUT2D eigenvalue weighted by molar-refractivity contribution is 5.70. The quantitative estimate of drug-likeness (QED) is 0.180. The minimum absolute atomic E-state index is 0.0140. The molecule has 0 saturated carbocycles. The first-order valence-corrected chi connectivity index (χ1v) is 20.8. The Kier molecular flexibility index (Phi) is 26.2. The van der Waals surface area contributed by atoms with Crippen molar-refractivity contribution in [3.8, 4) is 0 Å². The number of rotatable bonds is 3. The van der Waals surface area contributed by atoms with Crippen molar-refractivity contribution in [3.63, 3.8) is 0 Å². The summed E-state index contributed by atoms with van der Waals surface area (Å²) < 4.78 is 16.8. The van der Waals surface area contributed by atoms with Crippen LogP contribution in [0.25, 0.3) is 0 Å². The molecule has 2 aliphatic rings. The molecular weight excluding hydrogens is 782 g/mol. The lowest BCUT2D eigenvalue weighted by atomic mass is 9.92. The summed E-state index contributed by atoms with van der Waals surface area (Å²) >= 11 is 0. The molecule has 0 spiro atoms. The fraction of sp³-hybridized carbons (Fsp3) is 0.636. The van der Waals surface area contributed by atoms with Crippen molar-refractivity contribution in [2.24, 2.45) is 11.7 Å². The molecular formula is C44H69NO15. The van der Waals surface area contributed by atoms with Gasteiger partial charge in [-0.15, -0.1) is 0 Å². The Balaban J connectivity index is 2.14. The molecule has 14 atom stereocenters. The van der Waals surface area contributed by atoms with E-state index < -0.39 is 97.3 Å². The molecule has 0 bridgehead atoms. The van der Waals surface area contributed by atoms with E-state index in [2.05, 4.69) is 0 Å². The molecule has 2 rings (SSSR count). The molecule has 12 N–H and O–H groups in total. The zero-order valence-corrected chi connectivity index (χ0v) is 34.4. The van der Waals surface area contributed by atoms with Gasteiger partial charge in [0, 0.05) is 12.8 Å². The summed E-state index contributed by atoms with van der Waals surface area (Å²) in [5, 5.41) is 104. The number of carbonyl (C=O) groups is 2. The van der Waals surface area contributed by atoms with Crippen molar-refractivity contribution >= 4 is 11.9 Å². The van der Waals surface area contributed by atoms with Gasteiger partial charge in [-0.25, -0.2) is 0 Å². The Bertz CT molecular complexity index is 1430. The molecule has 5 unspecified atom stereocenters. The molecule has 16 nitrogen and oxygen atoms in total. The van der Waals surface area contributed by atoms with Crippen molar-refractivity contribution in [1.82, 2.24) is 0 Å². The molecule has 0 amide bonds. The Morgan fingerprint density at radius 2 is 1.18 bits per heavy atom. The number of cyclic esters (lactones) is 1. The first-order chi connectivity index (χ1) is 28.6. The van der Waals surface area contributed by atoms with Crippen molar-refractivity contribution < 1.29 is 74.9 Å². The molecule has 0 aromatic heterocycles. The average Bonchev–Trinajstić information content (AvgIpc) is 3.18. The number of aliphatic hydroxyl groups excluding tert-OH is 9.